The lowest BCUT2D eigenvalue weighted by molar-refractivity contribution is 0.0720. The summed E-state index contributed by atoms with van der Waals surface area (Å²) in [4.78, 5) is 13.9. The van der Waals surface area contributed by atoms with Crippen LogP contribution in [0.25, 0.3) is 0 Å². The Bertz CT molecular complexity index is 402. The van der Waals surface area contributed by atoms with Crippen molar-refractivity contribution in [1.82, 2.24) is 4.90 Å². The van der Waals surface area contributed by atoms with Crippen molar-refractivity contribution in [3.8, 4) is 5.75 Å². The summed E-state index contributed by atoms with van der Waals surface area (Å²) in [5, 5.41) is 9.71. The summed E-state index contributed by atoms with van der Waals surface area (Å²) in [5.74, 6) is -0.117. The second kappa shape index (κ2) is 6.05. The van der Waals surface area contributed by atoms with E-state index in [-0.39, 0.29) is 17.7 Å². The molecule has 0 fully saturated rings. The second-order valence-electron chi connectivity index (χ2n) is 4.05. The molecular formula is C13H18BrNO2. The molecule has 0 heterocycles. The van der Waals surface area contributed by atoms with Gasteiger partial charge in [0.1, 0.15) is 5.75 Å². The highest BCUT2D eigenvalue weighted by Gasteiger charge is 2.20. The number of amides is 1. The van der Waals surface area contributed by atoms with Crippen LogP contribution in [0.4, 0.5) is 0 Å². The Balaban J connectivity index is 2.99. The lowest BCUT2D eigenvalue weighted by Gasteiger charge is -2.26. The molecular weight excluding hydrogens is 282 g/mol. The molecule has 1 aromatic rings. The minimum absolute atomic E-state index is 0.0241. The van der Waals surface area contributed by atoms with Crippen LogP contribution < -0.4 is 0 Å². The maximum atomic E-state index is 12.2. The van der Waals surface area contributed by atoms with Crippen LogP contribution in [0.2, 0.25) is 0 Å². The number of carbonyl (C=O) groups is 1. The number of rotatable bonds is 4. The van der Waals surface area contributed by atoms with Gasteiger partial charge in [0.2, 0.25) is 0 Å². The summed E-state index contributed by atoms with van der Waals surface area (Å²) < 4.78 is 0.789. The topological polar surface area (TPSA) is 40.5 Å². The molecule has 0 saturated heterocycles. The maximum absolute atomic E-state index is 12.2. The number of aromatic hydroxyl groups is 1. The van der Waals surface area contributed by atoms with Gasteiger partial charge in [-0.05, 0) is 31.0 Å². The Morgan fingerprint density at radius 1 is 1.41 bits per heavy atom. The Hall–Kier alpha value is -1.03. The van der Waals surface area contributed by atoms with Crippen molar-refractivity contribution in [3.05, 3.63) is 28.2 Å². The summed E-state index contributed by atoms with van der Waals surface area (Å²) in [6.45, 7) is 4.11. The van der Waals surface area contributed by atoms with Crippen LogP contribution in [0, 0.1) is 0 Å². The Morgan fingerprint density at radius 2 is 2.00 bits per heavy atom. The third-order valence-corrected chi connectivity index (χ3v) is 3.49. The molecule has 0 aliphatic rings. The van der Waals surface area contributed by atoms with Crippen LogP contribution in [0.5, 0.6) is 5.75 Å². The molecule has 0 aliphatic carbocycles. The van der Waals surface area contributed by atoms with E-state index in [1.165, 1.54) is 6.07 Å². The van der Waals surface area contributed by atoms with Crippen LogP contribution in [0.1, 0.15) is 37.0 Å². The molecule has 1 rings (SSSR count). The fourth-order valence-corrected chi connectivity index (χ4v) is 2.23. The lowest BCUT2D eigenvalue weighted by Crippen LogP contribution is -2.36. The molecule has 1 N–H and O–H groups in total. The van der Waals surface area contributed by atoms with Gasteiger partial charge in [-0.25, -0.2) is 0 Å². The van der Waals surface area contributed by atoms with E-state index in [0.29, 0.717) is 5.56 Å². The molecule has 0 aliphatic heterocycles. The van der Waals surface area contributed by atoms with Gasteiger partial charge in [-0.1, -0.05) is 29.8 Å². The van der Waals surface area contributed by atoms with Gasteiger partial charge < -0.3 is 10.0 Å². The monoisotopic (exact) mass is 299 g/mol. The van der Waals surface area contributed by atoms with Gasteiger partial charge in [0.15, 0.2) is 0 Å². The number of benzene rings is 1. The van der Waals surface area contributed by atoms with E-state index in [4.69, 9.17) is 0 Å². The molecule has 0 radical (unpaired) electrons. The fraction of sp³-hybridized carbons (Fsp3) is 0.462. The number of carbonyl (C=O) groups excluding carboxylic acids is 1. The van der Waals surface area contributed by atoms with Gasteiger partial charge in [-0.2, -0.15) is 0 Å². The van der Waals surface area contributed by atoms with Crippen molar-refractivity contribution in [2.75, 3.05) is 7.05 Å². The smallest absolute Gasteiger partial charge is 0.257 e. The molecule has 0 saturated carbocycles. The highest BCUT2D eigenvalue weighted by atomic mass is 79.9. The molecule has 4 heteroatoms. The quantitative estimate of drug-likeness (QED) is 0.925. The molecule has 0 spiro atoms. The average Bonchev–Trinajstić information content (AvgIpc) is 2.32. The van der Waals surface area contributed by atoms with E-state index < -0.39 is 0 Å². The van der Waals surface area contributed by atoms with E-state index in [1.807, 2.05) is 0 Å². The Kier molecular flexibility index (Phi) is 5.00. The largest absolute Gasteiger partial charge is 0.507 e. The minimum Gasteiger partial charge on any atom is -0.507 e. The third kappa shape index (κ3) is 3.22. The summed E-state index contributed by atoms with van der Waals surface area (Å²) in [6, 6.07) is 5.10. The van der Waals surface area contributed by atoms with Crippen molar-refractivity contribution in [2.24, 2.45) is 0 Å². The predicted octanol–water partition coefficient (Wildman–Crippen LogP) is 3.42. The minimum atomic E-state index is -0.141. The van der Waals surface area contributed by atoms with Crippen LogP contribution in [-0.4, -0.2) is 29.0 Å². The summed E-state index contributed by atoms with van der Waals surface area (Å²) >= 11 is 3.30. The van der Waals surface area contributed by atoms with Crippen LogP contribution in [0.15, 0.2) is 22.7 Å². The third-order valence-electron chi connectivity index (χ3n) is 3.00. The van der Waals surface area contributed by atoms with E-state index in [2.05, 4.69) is 29.8 Å². The lowest BCUT2D eigenvalue weighted by atomic mass is 10.1. The Morgan fingerprint density at radius 3 is 2.53 bits per heavy atom. The van der Waals surface area contributed by atoms with E-state index in [9.17, 15) is 9.90 Å². The van der Waals surface area contributed by atoms with Crippen molar-refractivity contribution in [2.45, 2.75) is 32.7 Å². The first-order chi connectivity index (χ1) is 8.01. The van der Waals surface area contributed by atoms with Crippen molar-refractivity contribution in [1.29, 1.82) is 0 Å². The fourth-order valence-electron chi connectivity index (χ4n) is 1.87. The summed E-state index contributed by atoms with van der Waals surface area (Å²) in [7, 11) is 1.78. The van der Waals surface area contributed by atoms with Crippen molar-refractivity contribution < 1.29 is 9.90 Å². The molecule has 94 valence electrons. The summed E-state index contributed by atoms with van der Waals surface area (Å²) in [6.07, 6.45) is 1.82. The highest BCUT2D eigenvalue weighted by Crippen LogP contribution is 2.24. The van der Waals surface area contributed by atoms with Gasteiger partial charge in [0.25, 0.3) is 5.91 Å². The van der Waals surface area contributed by atoms with Gasteiger partial charge in [-0.3, -0.25) is 4.79 Å². The van der Waals surface area contributed by atoms with E-state index in [1.54, 1.807) is 24.1 Å². The molecule has 1 amide bonds. The van der Waals surface area contributed by atoms with Gasteiger partial charge >= 0.3 is 0 Å². The van der Waals surface area contributed by atoms with E-state index in [0.717, 1.165) is 17.3 Å². The molecule has 0 atom stereocenters. The number of phenols is 1. The van der Waals surface area contributed by atoms with Crippen LogP contribution in [0.3, 0.4) is 0 Å². The number of phenolic OH excluding ortho intramolecular Hbond substituents is 1. The summed E-state index contributed by atoms with van der Waals surface area (Å²) in [5.41, 5.74) is 0.341. The molecule has 0 unspecified atom stereocenters. The normalized spacial score (nSPS) is 10.6. The van der Waals surface area contributed by atoms with Crippen molar-refractivity contribution >= 4 is 21.8 Å². The molecule has 1 aromatic carbocycles. The first kappa shape index (κ1) is 14.0. The molecule has 3 nitrogen and oxygen atoms in total. The first-order valence-electron chi connectivity index (χ1n) is 5.76. The molecule has 0 aromatic heterocycles. The molecule has 0 bridgehead atoms. The van der Waals surface area contributed by atoms with Crippen LogP contribution in [-0.2, 0) is 0 Å². The van der Waals surface area contributed by atoms with E-state index >= 15 is 0 Å². The zero-order chi connectivity index (χ0) is 13.0. The zero-order valence-electron chi connectivity index (χ0n) is 10.4. The first-order valence-corrected chi connectivity index (χ1v) is 6.56. The second-order valence-corrected chi connectivity index (χ2v) is 4.96. The van der Waals surface area contributed by atoms with Crippen molar-refractivity contribution in [3.63, 3.8) is 0 Å². The zero-order valence-corrected chi connectivity index (χ0v) is 12.0. The van der Waals surface area contributed by atoms with Gasteiger partial charge in [0.05, 0.1) is 5.56 Å². The van der Waals surface area contributed by atoms with Crippen LogP contribution >= 0.6 is 15.9 Å². The number of nitrogens with zero attached hydrogens (tertiary/aromatic N) is 1. The van der Waals surface area contributed by atoms with Gasteiger partial charge in [-0.15, -0.1) is 0 Å². The average molecular weight is 300 g/mol. The SMILES string of the molecule is CCC(CC)N(C)C(=O)c1cc(Br)ccc1O. The predicted molar refractivity (Wildman–Crippen MR) is 72.3 cm³/mol. The van der Waals surface area contributed by atoms with Gasteiger partial charge in [0, 0.05) is 17.6 Å². The highest BCUT2D eigenvalue weighted by molar-refractivity contribution is 9.10. The Labute approximate surface area is 111 Å². The number of halogens is 1. The maximum Gasteiger partial charge on any atom is 0.257 e. The number of hydrogen-bond acceptors (Lipinski definition) is 2. The standard InChI is InChI=1S/C13H18BrNO2/c1-4-10(5-2)15(3)13(17)11-8-9(14)6-7-12(11)16/h6-8,10,16H,4-5H2,1-3H3. The molecule has 17 heavy (non-hydrogen) atoms. The number of hydrogen-bond donors (Lipinski definition) is 1.